The highest BCUT2D eigenvalue weighted by Gasteiger charge is 2.10. The number of methoxy groups -OCH3 is 1. The second kappa shape index (κ2) is 7.47. The standard InChI is InChI=1S/C15H25N3O2/c1-17(9-10-18-7-5-16-6-8-18)12-13-3-4-15(20-2)14(19)11-13/h3-4,11,16,19H,5-10,12H2,1-2H3. The van der Waals surface area contributed by atoms with Crippen molar-refractivity contribution < 1.29 is 9.84 Å². The fourth-order valence-electron chi connectivity index (χ4n) is 2.47. The number of benzene rings is 1. The van der Waals surface area contributed by atoms with Crippen LogP contribution in [-0.4, -0.2) is 68.3 Å². The number of rotatable bonds is 6. The number of aromatic hydroxyl groups is 1. The van der Waals surface area contributed by atoms with Gasteiger partial charge in [0.2, 0.25) is 0 Å². The molecule has 0 saturated carbocycles. The van der Waals surface area contributed by atoms with Crippen molar-refractivity contribution in [3.05, 3.63) is 23.8 Å². The van der Waals surface area contributed by atoms with E-state index in [9.17, 15) is 5.11 Å². The first-order valence-corrected chi connectivity index (χ1v) is 7.16. The molecule has 2 N–H and O–H groups in total. The van der Waals surface area contributed by atoms with Gasteiger partial charge >= 0.3 is 0 Å². The topological polar surface area (TPSA) is 48.0 Å². The zero-order chi connectivity index (χ0) is 14.4. The molecule has 1 aromatic carbocycles. The predicted molar refractivity (Wildman–Crippen MR) is 80.3 cm³/mol. The summed E-state index contributed by atoms with van der Waals surface area (Å²) in [4.78, 5) is 4.77. The third kappa shape index (κ3) is 4.37. The number of phenolic OH excluding ortho intramolecular Hbond substituents is 1. The zero-order valence-electron chi connectivity index (χ0n) is 12.4. The van der Waals surface area contributed by atoms with Gasteiger partial charge in [0.1, 0.15) is 0 Å². The minimum absolute atomic E-state index is 0.209. The molecule has 1 fully saturated rings. The summed E-state index contributed by atoms with van der Waals surface area (Å²) in [5.41, 5.74) is 1.10. The lowest BCUT2D eigenvalue weighted by Crippen LogP contribution is -2.45. The van der Waals surface area contributed by atoms with Gasteiger partial charge in [0.15, 0.2) is 11.5 Å². The number of hydrogen-bond donors (Lipinski definition) is 2. The molecule has 1 aromatic rings. The van der Waals surface area contributed by atoms with Crippen molar-refractivity contribution in [1.82, 2.24) is 15.1 Å². The molecule has 5 nitrogen and oxygen atoms in total. The molecule has 1 heterocycles. The number of likely N-dealkylation sites (N-methyl/N-ethyl adjacent to an activating group) is 1. The molecule has 2 rings (SSSR count). The van der Waals surface area contributed by atoms with Gasteiger partial charge < -0.3 is 20.1 Å². The van der Waals surface area contributed by atoms with Crippen molar-refractivity contribution >= 4 is 0 Å². The Kier molecular flexibility index (Phi) is 5.64. The average Bonchev–Trinajstić information content (AvgIpc) is 2.46. The molecular formula is C15H25N3O2. The van der Waals surface area contributed by atoms with Crippen LogP contribution in [0.25, 0.3) is 0 Å². The van der Waals surface area contributed by atoms with E-state index in [-0.39, 0.29) is 5.75 Å². The van der Waals surface area contributed by atoms with Gasteiger partial charge in [-0.1, -0.05) is 6.07 Å². The minimum Gasteiger partial charge on any atom is -0.504 e. The van der Waals surface area contributed by atoms with Crippen molar-refractivity contribution in [2.75, 3.05) is 53.4 Å². The van der Waals surface area contributed by atoms with E-state index in [1.807, 2.05) is 12.1 Å². The third-order valence-corrected chi connectivity index (χ3v) is 3.70. The van der Waals surface area contributed by atoms with Crippen LogP contribution in [-0.2, 0) is 6.54 Å². The van der Waals surface area contributed by atoms with Gasteiger partial charge in [0.05, 0.1) is 7.11 Å². The van der Waals surface area contributed by atoms with Crippen molar-refractivity contribution in [2.24, 2.45) is 0 Å². The maximum absolute atomic E-state index is 9.78. The second-order valence-electron chi connectivity index (χ2n) is 5.34. The summed E-state index contributed by atoms with van der Waals surface area (Å²) in [5, 5.41) is 13.1. The van der Waals surface area contributed by atoms with Gasteiger partial charge in [0, 0.05) is 45.8 Å². The smallest absolute Gasteiger partial charge is 0.160 e. The van der Waals surface area contributed by atoms with Gasteiger partial charge in [-0.3, -0.25) is 4.90 Å². The summed E-state index contributed by atoms with van der Waals surface area (Å²) in [7, 11) is 3.68. The van der Waals surface area contributed by atoms with Crippen LogP contribution < -0.4 is 10.1 Å². The largest absolute Gasteiger partial charge is 0.504 e. The van der Waals surface area contributed by atoms with Crippen LogP contribution in [0.3, 0.4) is 0 Å². The maximum atomic E-state index is 9.78. The summed E-state index contributed by atoms with van der Waals surface area (Å²) in [6.45, 7) is 7.43. The Morgan fingerprint density at radius 3 is 2.75 bits per heavy atom. The molecule has 1 aliphatic heterocycles. The van der Waals surface area contributed by atoms with Gasteiger partial charge in [-0.05, 0) is 24.7 Å². The molecule has 5 heteroatoms. The van der Waals surface area contributed by atoms with Crippen molar-refractivity contribution in [2.45, 2.75) is 6.54 Å². The van der Waals surface area contributed by atoms with E-state index in [1.54, 1.807) is 13.2 Å². The Morgan fingerprint density at radius 2 is 2.10 bits per heavy atom. The van der Waals surface area contributed by atoms with Crippen LogP contribution >= 0.6 is 0 Å². The number of nitrogens with one attached hydrogen (secondary N) is 1. The monoisotopic (exact) mass is 279 g/mol. The predicted octanol–water partition coefficient (Wildman–Crippen LogP) is 0.738. The molecule has 112 valence electrons. The number of hydrogen-bond acceptors (Lipinski definition) is 5. The van der Waals surface area contributed by atoms with E-state index in [2.05, 4.69) is 22.2 Å². The van der Waals surface area contributed by atoms with Crippen LogP contribution in [0.1, 0.15) is 5.56 Å². The lowest BCUT2D eigenvalue weighted by atomic mass is 10.2. The van der Waals surface area contributed by atoms with Gasteiger partial charge in [-0.25, -0.2) is 0 Å². The Balaban J connectivity index is 1.78. The molecule has 0 spiro atoms. The molecule has 1 saturated heterocycles. The van der Waals surface area contributed by atoms with Crippen LogP contribution in [0.2, 0.25) is 0 Å². The van der Waals surface area contributed by atoms with Crippen molar-refractivity contribution in [3.63, 3.8) is 0 Å². The van der Waals surface area contributed by atoms with E-state index in [0.717, 1.165) is 51.4 Å². The molecule has 0 unspecified atom stereocenters. The number of piperazine rings is 1. The molecule has 20 heavy (non-hydrogen) atoms. The second-order valence-corrected chi connectivity index (χ2v) is 5.34. The van der Waals surface area contributed by atoms with E-state index in [0.29, 0.717) is 5.75 Å². The third-order valence-electron chi connectivity index (χ3n) is 3.70. The highest BCUT2D eigenvalue weighted by molar-refractivity contribution is 5.41. The Morgan fingerprint density at radius 1 is 1.35 bits per heavy atom. The fraction of sp³-hybridized carbons (Fsp3) is 0.600. The highest BCUT2D eigenvalue weighted by atomic mass is 16.5. The summed E-state index contributed by atoms with van der Waals surface area (Å²) < 4.78 is 5.06. The van der Waals surface area contributed by atoms with Crippen molar-refractivity contribution in [1.29, 1.82) is 0 Å². The van der Waals surface area contributed by atoms with E-state index in [4.69, 9.17) is 4.74 Å². The van der Waals surface area contributed by atoms with Gasteiger partial charge in [0.25, 0.3) is 0 Å². The molecular weight excluding hydrogens is 254 g/mol. The maximum Gasteiger partial charge on any atom is 0.160 e. The summed E-state index contributed by atoms with van der Waals surface area (Å²) in [6.07, 6.45) is 0. The molecule has 1 aliphatic rings. The first-order valence-electron chi connectivity index (χ1n) is 7.16. The lowest BCUT2D eigenvalue weighted by Gasteiger charge is -2.29. The molecule has 0 bridgehead atoms. The van der Waals surface area contributed by atoms with Crippen LogP contribution in [0.15, 0.2) is 18.2 Å². The first-order chi connectivity index (χ1) is 9.69. The molecule has 0 aromatic heterocycles. The normalized spacial score (nSPS) is 16.6. The quantitative estimate of drug-likeness (QED) is 0.804. The fourth-order valence-corrected chi connectivity index (χ4v) is 2.47. The number of ether oxygens (including phenoxy) is 1. The molecule has 0 aliphatic carbocycles. The number of nitrogens with zero attached hydrogens (tertiary/aromatic N) is 2. The van der Waals surface area contributed by atoms with Crippen LogP contribution in [0, 0.1) is 0 Å². The summed E-state index contributed by atoms with van der Waals surface area (Å²) >= 11 is 0. The minimum atomic E-state index is 0.209. The SMILES string of the molecule is COc1ccc(CN(C)CCN2CCNCC2)cc1O. The Hall–Kier alpha value is -1.30. The lowest BCUT2D eigenvalue weighted by molar-refractivity contribution is 0.202. The zero-order valence-corrected chi connectivity index (χ0v) is 12.4. The Labute approximate surface area is 121 Å². The Bertz CT molecular complexity index is 420. The number of phenols is 1. The van der Waals surface area contributed by atoms with Gasteiger partial charge in [-0.15, -0.1) is 0 Å². The molecule has 0 radical (unpaired) electrons. The van der Waals surface area contributed by atoms with E-state index >= 15 is 0 Å². The average molecular weight is 279 g/mol. The summed E-state index contributed by atoms with van der Waals surface area (Å²) in [5.74, 6) is 0.734. The summed E-state index contributed by atoms with van der Waals surface area (Å²) in [6, 6.07) is 5.59. The molecule has 0 atom stereocenters. The van der Waals surface area contributed by atoms with E-state index in [1.165, 1.54) is 0 Å². The van der Waals surface area contributed by atoms with Crippen LogP contribution in [0.5, 0.6) is 11.5 Å². The molecule has 0 amide bonds. The first kappa shape index (κ1) is 15.1. The van der Waals surface area contributed by atoms with Crippen LogP contribution in [0.4, 0.5) is 0 Å². The van der Waals surface area contributed by atoms with Crippen molar-refractivity contribution in [3.8, 4) is 11.5 Å². The van der Waals surface area contributed by atoms with E-state index < -0.39 is 0 Å². The highest BCUT2D eigenvalue weighted by Crippen LogP contribution is 2.26. The van der Waals surface area contributed by atoms with Gasteiger partial charge in [-0.2, -0.15) is 0 Å².